The Kier molecular flexibility index (Phi) is 3.03. The van der Waals surface area contributed by atoms with Crippen molar-refractivity contribution in [3.05, 3.63) is 0 Å². The summed E-state index contributed by atoms with van der Waals surface area (Å²) in [4.78, 5) is 33.9. The average molecular weight is 201 g/mol. The van der Waals surface area contributed by atoms with E-state index < -0.39 is 23.9 Å². The highest BCUT2D eigenvalue weighted by atomic mass is 16.5. The van der Waals surface area contributed by atoms with Crippen molar-refractivity contribution in [1.82, 2.24) is 10.2 Å². The molecule has 0 aromatic rings. The Morgan fingerprint density at radius 3 is 2.79 bits per heavy atom. The van der Waals surface area contributed by atoms with Crippen LogP contribution in [-0.2, 0) is 14.3 Å². The smallest absolute Gasteiger partial charge is 0.324 e. The Morgan fingerprint density at radius 1 is 1.71 bits per heavy atom. The van der Waals surface area contributed by atoms with Crippen LogP contribution < -0.4 is 11.1 Å². The lowest BCUT2D eigenvalue weighted by molar-refractivity contribution is -0.142. The largest absolute Gasteiger partial charge is 0.468 e. The summed E-state index contributed by atoms with van der Waals surface area (Å²) in [5.41, 5.74) is 5.38. The lowest BCUT2D eigenvalue weighted by Crippen LogP contribution is -2.45. The molecule has 0 aromatic carbocycles. The predicted octanol–water partition coefficient (Wildman–Crippen LogP) is -1.96. The number of urea groups is 1. The van der Waals surface area contributed by atoms with Crippen LogP contribution in [0.3, 0.4) is 0 Å². The monoisotopic (exact) mass is 201 g/mol. The molecule has 1 saturated heterocycles. The molecule has 0 aromatic heterocycles. The zero-order valence-electron chi connectivity index (χ0n) is 7.65. The molecule has 0 radical (unpaired) electrons. The molecule has 0 aliphatic carbocycles. The highest BCUT2D eigenvalue weighted by molar-refractivity contribution is 6.02. The van der Waals surface area contributed by atoms with Crippen LogP contribution >= 0.6 is 0 Å². The molecular formula is C7H11N3O4. The minimum Gasteiger partial charge on any atom is -0.468 e. The Morgan fingerprint density at radius 2 is 2.36 bits per heavy atom. The maximum atomic E-state index is 11.1. The molecule has 0 spiro atoms. The SMILES string of the molecule is COC(=O)[C@H](N)CN1C(=O)CNC1=O. The topological polar surface area (TPSA) is 102 Å². The van der Waals surface area contributed by atoms with Crippen LogP contribution in [0.5, 0.6) is 0 Å². The van der Waals surface area contributed by atoms with E-state index in [4.69, 9.17) is 5.73 Å². The van der Waals surface area contributed by atoms with Gasteiger partial charge < -0.3 is 15.8 Å². The predicted molar refractivity (Wildman–Crippen MR) is 45.1 cm³/mol. The molecule has 1 rings (SSSR count). The number of carbonyl (C=O) groups is 3. The first kappa shape index (κ1) is 10.5. The fraction of sp³-hybridized carbons (Fsp3) is 0.571. The van der Waals surface area contributed by atoms with Gasteiger partial charge in [0, 0.05) is 0 Å². The molecule has 1 atom stereocenters. The number of esters is 1. The van der Waals surface area contributed by atoms with Gasteiger partial charge in [-0.05, 0) is 0 Å². The van der Waals surface area contributed by atoms with Crippen molar-refractivity contribution in [3.8, 4) is 0 Å². The number of methoxy groups -OCH3 is 1. The first-order valence-corrected chi connectivity index (χ1v) is 3.98. The van der Waals surface area contributed by atoms with Crippen molar-refractivity contribution in [2.45, 2.75) is 6.04 Å². The highest BCUT2D eigenvalue weighted by Gasteiger charge is 2.31. The van der Waals surface area contributed by atoms with Gasteiger partial charge in [0.15, 0.2) is 0 Å². The molecule has 0 bridgehead atoms. The molecular weight excluding hydrogens is 190 g/mol. The molecule has 3 N–H and O–H groups in total. The van der Waals surface area contributed by atoms with Gasteiger partial charge in [0.1, 0.15) is 6.04 Å². The van der Waals surface area contributed by atoms with E-state index in [1.807, 2.05) is 0 Å². The van der Waals surface area contributed by atoms with Gasteiger partial charge in [0.2, 0.25) is 5.91 Å². The number of nitrogens with two attached hydrogens (primary N) is 1. The van der Waals surface area contributed by atoms with Crippen LogP contribution in [-0.4, -0.2) is 49.0 Å². The normalized spacial score (nSPS) is 18.0. The lowest BCUT2D eigenvalue weighted by Gasteiger charge is -2.15. The minimum absolute atomic E-state index is 0.0489. The van der Waals surface area contributed by atoms with E-state index in [1.54, 1.807) is 0 Å². The van der Waals surface area contributed by atoms with Crippen LogP contribution in [0.4, 0.5) is 4.79 Å². The fourth-order valence-electron chi connectivity index (χ4n) is 1.06. The van der Waals surface area contributed by atoms with Gasteiger partial charge in [0.25, 0.3) is 0 Å². The number of nitrogens with one attached hydrogen (secondary N) is 1. The molecule has 1 fully saturated rings. The molecule has 3 amide bonds. The second-order valence-electron chi connectivity index (χ2n) is 2.79. The van der Waals surface area contributed by atoms with Crippen LogP contribution in [0.25, 0.3) is 0 Å². The third kappa shape index (κ3) is 1.99. The zero-order valence-corrected chi connectivity index (χ0v) is 7.65. The summed E-state index contributed by atoms with van der Waals surface area (Å²) in [6.07, 6.45) is 0. The third-order valence-corrected chi connectivity index (χ3v) is 1.82. The van der Waals surface area contributed by atoms with Crippen LogP contribution in [0, 0.1) is 0 Å². The molecule has 1 heterocycles. The summed E-state index contributed by atoms with van der Waals surface area (Å²) < 4.78 is 4.36. The number of rotatable bonds is 3. The van der Waals surface area contributed by atoms with Crippen molar-refractivity contribution in [3.63, 3.8) is 0 Å². The number of nitrogens with zero attached hydrogens (tertiary/aromatic N) is 1. The van der Waals surface area contributed by atoms with Crippen molar-refractivity contribution < 1.29 is 19.1 Å². The van der Waals surface area contributed by atoms with E-state index in [1.165, 1.54) is 7.11 Å². The number of ether oxygens (including phenoxy) is 1. The summed E-state index contributed by atoms with van der Waals surface area (Å²) in [6.45, 7) is -0.204. The Labute approximate surface area is 80.2 Å². The maximum absolute atomic E-state index is 11.1. The van der Waals surface area contributed by atoms with Gasteiger partial charge in [-0.1, -0.05) is 0 Å². The first-order chi connectivity index (χ1) is 6.56. The second kappa shape index (κ2) is 4.05. The molecule has 0 saturated carbocycles. The van der Waals surface area contributed by atoms with E-state index in [0.29, 0.717) is 0 Å². The highest BCUT2D eigenvalue weighted by Crippen LogP contribution is 2.00. The van der Waals surface area contributed by atoms with Crippen LogP contribution in [0.15, 0.2) is 0 Å². The van der Waals surface area contributed by atoms with E-state index >= 15 is 0 Å². The number of imide groups is 1. The molecule has 1 aliphatic rings. The number of hydrogen-bond donors (Lipinski definition) is 2. The van der Waals surface area contributed by atoms with Crippen LogP contribution in [0.2, 0.25) is 0 Å². The van der Waals surface area contributed by atoms with Gasteiger partial charge in [-0.25, -0.2) is 4.79 Å². The molecule has 7 heteroatoms. The third-order valence-electron chi connectivity index (χ3n) is 1.82. The summed E-state index contributed by atoms with van der Waals surface area (Å²) >= 11 is 0. The van der Waals surface area contributed by atoms with Gasteiger partial charge in [-0.15, -0.1) is 0 Å². The van der Waals surface area contributed by atoms with Gasteiger partial charge in [0.05, 0.1) is 20.2 Å². The molecule has 14 heavy (non-hydrogen) atoms. The number of carbonyl (C=O) groups excluding carboxylic acids is 3. The fourth-order valence-corrected chi connectivity index (χ4v) is 1.06. The Balaban J connectivity index is 2.55. The summed E-state index contributed by atoms with van der Waals surface area (Å²) in [6, 6.07) is -1.53. The van der Waals surface area contributed by atoms with E-state index in [0.717, 1.165) is 4.90 Å². The van der Waals surface area contributed by atoms with Gasteiger partial charge in [-0.3, -0.25) is 14.5 Å². The second-order valence-corrected chi connectivity index (χ2v) is 2.79. The van der Waals surface area contributed by atoms with Crippen molar-refractivity contribution in [2.24, 2.45) is 5.73 Å². The first-order valence-electron chi connectivity index (χ1n) is 3.98. The number of hydrogen-bond acceptors (Lipinski definition) is 5. The zero-order chi connectivity index (χ0) is 10.7. The summed E-state index contributed by atoms with van der Waals surface area (Å²) in [5.74, 6) is -1.05. The lowest BCUT2D eigenvalue weighted by atomic mass is 10.3. The van der Waals surface area contributed by atoms with Gasteiger partial charge >= 0.3 is 12.0 Å². The maximum Gasteiger partial charge on any atom is 0.324 e. The molecule has 78 valence electrons. The number of amides is 3. The average Bonchev–Trinajstić information content (AvgIpc) is 2.48. The Hall–Kier alpha value is -1.63. The molecule has 1 aliphatic heterocycles. The van der Waals surface area contributed by atoms with Crippen molar-refractivity contribution in [2.75, 3.05) is 20.2 Å². The van der Waals surface area contributed by atoms with Gasteiger partial charge in [-0.2, -0.15) is 0 Å². The molecule has 0 unspecified atom stereocenters. The minimum atomic E-state index is -0.993. The van der Waals surface area contributed by atoms with E-state index in [-0.39, 0.29) is 13.1 Å². The van der Waals surface area contributed by atoms with Crippen LogP contribution in [0.1, 0.15) is 0 Å². The van der Waals surface area contributed by atoms with Crippen molar-refractivity contribution in [1.29, 1.82) is 0 Å². The van der Waals surface area contributed by atoms with Crippen molar-refractivity contribution >= 4 is 17.9 Å². The molecule has 7 nitrogen and oxygen atoms in total. The Bertz CT molecular complexity index is 262. The standard InChI is InChI=1S/C7H11N3O4/c1-14-6(12)4(8)3-10-5(11)2-9-7(10)13/h4H,2-3,8H2,1H3,(H,9,13)/t4-/m1/s1. The van der Waals surface area contributed by atoms with E-state index in [2.05, 4.69) is 10.1 Å². The summed E-state index contributed by atoms with van der Waals surface area (Å²) in [5, 5.41) is 2.31. The summed E-state index contributed by atoms with van der Waals surface area (Å²) in [7, 11) is 1.19. The van der Waals surface area contributed by atoms with E-state index in [9.17, 15) is 14.4 Å². The quantitative estimate of drug-likeness (QED) is 0.407.